The van der Waals surface area contributed by atoms with Gasteiger partial charge in [-0.3, -0.25) is 14.5 Å². The fourth-order valence-corrected chi connectivity index (χ4v) is 5.49. The quantitative estimate of drug-likeness (QED) is 0.224. The van der Waals surface area contributed by atoms with Crippen molar-refractivity contribution in [3.05, 3.63) is 73.9 Å². The first-order chi connectivity index (χ1) is 16.8. The summed E-state index contributed by atoms with van der Waals surface area (Å²) in [6, 6.07) is 10.9. The molecule has 0 radical (unpaired) electrons. The smallest absolute Gasteiger partial charge is 0.300 e. The van der Waals surface area contributed by atoms with E-state index in [1.165, 1.54) is 36.5 Å². The predicted octanol–water partition coefficient (Wildman–Crippen LogP) is 6.10. The van der Waals surface area contributed by atoms with Crippen LogP contribution in [0.3, 0.4) is 0 Å². The Morgan fingerprint density at radius 1 is 1.09 bits per heavy atom. The number of aliphatic hydroxyl groups excluding tert-OH is 1. The van der Waals surface area contributed by atoms with Crippen molar-refractivity contribution in [2.75, 3.05) is 25.7 Å². The van der Waals surface area contributed by atoms with E-state index >= 15 is 0 Å². The molecule has 1 aliphatic heterocycles. The minimum Gasteiger partial charge on any atom is -0.507 e. The third-order valence-corrected chi connectivity index (χ3v) is 7.03. The van der Waals surface area contributed by atoms with Gasteiger partial charge in [-0.15, -0.1) is 11.3 Å². The summed E-state index contributed by atoms with van der Waals surface area (Å²) in [6.07, 6.45) is 0. The topological polar surface area (TPSA) is 85.3 Å². The maximum atomic E-state index is 13.3. The lowest BCUT2D eigenvalue weighted by Crippen LogP contribution is -2.29. The molecule has 182 valence electrons. The Bertz CT molecular complexity index is 1300. The van der Waals surface area contributed by atoms with Gasteiger partial charge < -0.3 is 19.3 Å². The minimum atomic E-state index is -0.877. The van der Waals surface area contributed by atoms with E-state index in [0.717, 1.165) is 0 Å². The first-order valence-electron chi connectivity index (χ1n) is 10.5. The van der Waals surface area contributed by atoms with Crippen molar-refractivity contribution in [1.29, 1.82) is 0 Å². The van der Waals surface area contributed by atoms with Gasteiger partial charge in [0.05, 0.1) is 37.0 Å². The minimum absolute atomic E-state index is 0.0254. The molecule has 1 amide bonds. The number of rotatable bonds is 7. The van der Waals surface area contributed by atoms with Crippen LogP contribution in [0.15, 0.2) is 53.4 Å². The molecule has 1 aliphatic rings. The highest BCUT2D eigenvalue weighted by atomic mass is 35.5. The number of ketones is 1. The van der Waals surface area contributed by atoms with Crippen molar-refractivity contribution in [3.63, 3.8) is 0 Å². The van der Waals surface area contributed by atoms with Crippen molar-refractivity contribution in [2.24, 2.45) is 0 Å². The number of methoxy groups -OCH3 is 2. The number of hydrogen-bond acceptors (Lipinski definition) is 7. The van der Waals surface area contributed by atoms with Crippen LogP contribution in [0.1, 0.15) is 23.4 Å². The number of amides is 1. The Kier molecular flexibility index (Phi) is 7.25. The summed E-state index contributed by atoms with van der Waals surface area (Å²) in [6.45, 7) is 2.36. The highest BCUT2D eigenvalue weighted by molar-refractivity contribution is 7.10. The molecule has 3 aromatic rings. The normalized spacial score (nSPS) is 17.1. The van der Waals surface area contributed by atoms with E-state index in [9.17, 15) is 14.7 Å². The standard InChI is InChI=1S/C25H21Cl2NO6S/c1-4-34-14-9-7-13(8-10-14)28-20(17-6-5-11-35-17)18(22(30)25(28)31)21(29)15-12-16(26)24(33-3)19(27)23(15)32-2/h5-12,20,29H,4H2,1-3H3/b21-18-. The average Bonchev–Trinajstić information content (AvgIpc) is 3.46. The van der Waals surface area contributed by atoms with Crippen LogP contribution in [-0.4, -0.2) is 37.6 Å². The van der Waals surface area contributed by atoms with Crippen molar-refractivity contribution >= 4 is 57.7 Å². The molecule has 1 aromatic heterocycles. The molecule has 7 nitrogen and oxygen atoms in total. The number of hydrogen-bond donors (Lipinski definition) is 1. The average molecular weight is 534 g/mol. The van der Waals surface area contributed by atoms with E-state index in [1.807, 2.05) is 12.3 Å². The van der Waals surface area contributed by atoms with Gasteiger partial charge in [0.1, 0.15) is 22.6 Å². The predicted molar refractivity (Wildman–Crippen MR) is 136 cm³/mol. The number of benzene rings is 2. The van der Waals surface area contributed by atoms with Gasteiger partial charge in [0, 0.05) is 10.6 Å². The highest BCUT2D eigenvalue weighted by Gasteiger charge is 2.47. The van der Waals surface area contributed by atoms with Gasteiger partial charge in [0.15, 0.2) is 11.5 Å². The van der Waals surface area contributed by atoms with Crippen molar-refractivity contribution in [2.45, 2.75) is 13.0 Å². The summed E-state index contributed by atoms with van der Waals surface area (Å²) in [5.41, 5.74) is 0.433. The first-order valence-corrected chi connectivity index (χ1v) is 12.1. The highest BCUT2D eigenvalue weighted by Crippen LogP contribution is 2.48. The lowest BCUT2D eigenvalue weighted by molar-refractivity contribution is -0.132. The van der Waals surface area contributed by atoms with Gasteiger partial charge in [-0.25, -0.2) is 0 Å². The van der Waals surface area contributed by atoms with Crippen LogP contribution in [-0.2, 0) is 9.59 Å². The van der Waals surface area contributed by atoms with Gasteiger partial charge in [0.25, 0.3) is 11.7 Å². The van der Waals surface area contributed by atoms with E-state index in [0.29, 0.717) is 22.9 Å². The van der Waals surface area contributed by atoms with Crippen LogP contribution < -0.4 is 19.1 Å². The van der Waals surface area contributed by atoms with Crippen molar-refractivity contribution in [1.82, 2.24) is 0 Å². The number of aliphatic hydroxyl groups is 1. The zero-order valence-electron chi connectivity index (χ0n) is 19.0. The summed E-state index contributed by atoms with van der Waals surface area (Å²) >= 11 is 14.1. The molecule has 1 unspecified atom stereocenters. The fourth-order valence-electron chi connectivity index (χ4n) is 3.98. The van der Waals surface area contributed by atoms with Crippen LogP contribution in [0.5, 0.6) is 17.2 Å². The zero-order valence-corrected chi connectivity index (χ0v) is 21.3. The second-order valence-corrected chi connectivity index (χ2v) is 9.16. The number of anilines is 1. The Labute approximate surface area is 216 Å². The van der Waals surface area contributed by atoms with Gasteiger partial charge in [-0.05, 0) is 48.7 Å². The number of thiophene rings is 1. The number of carbonyl (C=O) groups excluding carboxylic acids is 2. The Hall–Kier alpha value is -3.20. The van der Waals surface area contributed by atoms with Gasteiger partial charge in [-0.2, -0.15) is 0 Å². The lowest BCUT2D eigenvalue weighted by atomic mass is 9.99. The molecule has 10 heteroatoms. The van der Waals surface area contributed by atoms with E-state index < -0.39 is 23.5 Å². The van der Waals surface area contributed by atoms with Crippen LogP contribution >= 0.6 is 34.5 Å². The van der Waals surface area contributed by atoms with Gasteiger partial charge >= 0.3 is 0 Å². The van der Waals surface area contributed by atoms with Crippen LogP contribution in [0.25, 0.3) is 5.76 Å². The van der Waals surface area contributed by atoms with Gasteiger partial charge in [-0.1, -0.05) is 29.3 Å². The molecule has 0 bridgehead atoms. The molecule has 2 heterocycles. The molecule has 1 fully saturated rings. The lowest BCUT2D eigenvalue weighted by Gasteiger charge is -2.24. The third-order valence-electron chi connectivity index (χ3n) is 5.48. The van der Waals surface area contributed by atoms with Crippen LogP contribution in [0, 0.1) is 0 Å². The van der Waals surface area contributed by atoms with E-state index in [4.69, 9.17) is 37.4 Å². The maximum Gasteiger partial charge on any atom is 0.300 e. The monoisotopic (exact) mass is 533 g/mol. The van der Waals surface area contributed by atoms with E-state index in [-0.39, 0.29) is 32.7 Å². The third kappa shape index (κ3) is 4.33. The summed E-state index contributed by atoms with van der Waals surface area (Å²) < 4.78 is 16.1. The Morgan fingerprint density at radius 2 is 1.77 bits per heavy atom. The zero-order chi connectivity index (χ0) is 25.3. The van der Waals surface area contributed by atoms with Crippen LogP contribution in [0.4, 0.5) is 5.69 Å². The number of Topliss-reactive ketones (excluding diaryl/α,β-unsaturated/α-hetero) is 1. The largest absolute Gasteiger partial charge is 0.507 e. The molecule has 35 heavy (non-hydrogen) atoms. The summed E-state index contributed by atoms with van der Waals surface area (Å²) in [7, 11) is 2.76. The molecule has 1 saturated heterocycles. The molecule has 0 spiro atoms. The SMILES string of the molecule is CCOc1ccc(N2C(=O)C(=O)/C(=C(\O)c3cc(Cl)c(OC)c(Cl)c3OC)C2c2cccs2)cc1. The molecule has 0 aliphatic carbocycles. The van der Waals surface area contributed by atoms with Crippen molar-refractivity contribution < 1.29 is 28.9 Å². The van der Waals surface area contributed by atoms with Crippen molar-refractivity contribution in [3.8, 4) is 17.2 Å². The number of nitrogens with zero attached hydrogens (tertiary/aromatic N) is 1. The van der Waals surface area contributed by atoms with E-state index in [1.54, 1.807) is 36.4 Å². The number of halogens is 2. The number of ether oxygens (including phenoxy) is 3. The molecular formula is C25H21Cl2NO6S. The van der Waals surface area contributed by atoms with Gasteiger partial charge in [0.2, 0.25) is 0 Å². The molecular weight excluding hydrogens is 513 g/mol. The fraction of sp³-hybridized carbons (Fsp3) is 0.200. The molecule has 1 atom stereocenters. The molecule has 0 saturated carbocycles. The summed E-state index contributed by atoms with van der Waals surface area (Å²) in [5, 5.41) is 13.4. The van der Waals surface area contributed by atoms with E-state index in [2.05, 4.69) is 0 Å². The molecule has 1 N–H and O–H groups in total. The molecule has 4 rings (SSSR count). The molecule has 2 aromatic carbocycles. The Balaban J connectivity index is 1.93. The summed E-state index contributed by atoms with van der Waals surface area (Å²) in [5.74, 6) is -1.24. The maximum absolute atomic E-state index is 13.3. The second kappa shape index (κ2) is 10.2. The summed E-state index contributed by atoms with van der Waals surface area (Å²) in [4.78, 5) is 28.6. The number of carbonyl (C=O) groups is 2. The first kappa shape index (κ1) is 24.9. The Morgan fingerprint density at radius 3 is 2.34 bits per heavy atom. The van der Waals surface area contributed by atoms with Crippen LogP contribution in [0.2, 0.25) is 10.0 Å². The second-order valence-electron chi connectivity index (χ2n) is 7.40.